The van der Waals surface area contributed by atoms with Crippen molar-refractivity contribution in [3.8, 4) is 0 Å². The molecule has 0 aliphatic carbocycles. The van der Waals surface area contributed by atoms with Gasteiger partial charge in [0.1, 0.15) is 0 Å². The zero-order chi connectivity index (χ0) is 19.5. The summed E-state index contributed by atoms with van der Waals surface area (Å²) in [6, 6.07) is 15.4. The van der Waals surface area contributed by atoms with Crippen LogP contribution in [0.1, 0.15) is 18.4 Å². The summed E-state index contributed by atoms with van der Waals surface area (Å²) in [6.07, 6.45) is 2.03. The molecule has 1 aliphatic heterocycles. The molecule has 0 radical (unpaired) electrons. The molecule has 0 bridgehead atoms. The Balaban J connectivity index is 1.41. The summed E-state index contributed by atoms with van der Waals surface area (Å²) in [6.45, 7) is 1.59. The number of nitrogens with zero attached hydrogens (tertiary/aromatic N) is 2. The Hall–Kier alpha value is -2.93. The van der Waals surface area contributed by atoms with E-state index in [2.05, 4.69) is 16.3 Å². The third kappa shape index (κ3) is 4.14. The van der Waals surface area contributed by atoms with Gasteiger partial charge in [-0.05, 0) is 42.7 Å². The summed E-state index contributed by atoms with van der Waals surface area (Å²) in [5.41, 5.74) is 7.78. The highest BCUT2D eigenvalue weighted by Gasteiger charge is 2.27. The van der Waals surface area contributed by atoms with Crippen LogP contribution in [0.15, 0.2) is 48.5 Å². The van der Waals surface area contributed by atoms with E-state index in [1.807, 2.05) is 42.5 Å². The fraction of sp³-hybridized carbons (Fsp3) is 0.286. The molecule has 4 rings (SSSR count). The number of hydrogen-bond acceptors (Lipinski definition) is 5. The molecule has 144 valence electrons. The minimum absolute atomic E-state index is 0.0217. The zero-order valence-electron chi connectivity index (χ0n) is 15.4. The molecule has 0 saturated carbocycles. The lowest BCUT2D eigenvalue weighted by atomic mass is 9.97. The van der Waals surface area contributed by atoms with E-state index in [-0.39, 0.29) is 24.2 Å². The SMILES string of the molecule is NC(=O)Cc1ccc(NC(=O)[C@@H]2CCCN(c3nc4ccccc4s3)C2)cc1. The molecule has 1 atom stereocenters. The first-order chi connectivity index (χ1) is 13.6. The number of nitrogens with one attached hydrogen (secondary N) is 1. The van der Waals surface area contributed by atoms with E-state index in [1.165, 1.54) is 4.70 Å². The number of anilines is 2. The summed E-state index contributed by atoms with van der Waals surface area (Å²) in [5, 5.41) is 3.97. The first-order valence-electron chi connectivity index (χ1n) is 9.37. The lowest BCUT2D eigenvalue weighted by molar-refractivity contribution is -0.120. The second-order valence-corrected chi connectivity index (χ2v) is 8.09. The molecule has 1 saturated heterocycles. The van der Waals surface area contributed by atoms with Gasteiger partial charge in [-0.3, -0.25) is 9.59 Å². The Kier molecular flexibility index (Phi) is 5.25. The summed E-state index contributed by atoms with van der Waals surface area (Å²) in [5.74, 6) is -0.423. The van der Waals surface area contributed by atoms with E-state index in [1.54, 1.807) is 11.3 Å². The molecule has 2 aromatic carbocycles. The standard InChI is InChI=1S/C21H22N4O2S/c22-19(26)12-14-7-9-16(10-8-14)23-20(27)15-4-3-11-25(13-15)21-24-17-5-1-2-6-18(17)28-21/h1-2,5-10,15H,3-4,11-13H2,(H2,22,26)(H,23,27)/t15-/m1/s1. The van der Waals surface area contributed by atoms with Gasteiger partial charge in [-0.2, -0.15) is 0 Å². The highest BCUT2D eigenvalue weighted by Crippen LogP contribution is 2.31. The number of carbonyl (C=O) groups excluding carboxylic acids is 2. The van der Waals surface area contributed by atoms with E-state index in [9.17, 15) is 9.59 Å². The molecular formula is C21H22N4O2S. The van der Waals surface area contributed by atoms with Crippen LogP contribution in [0.3, 0.4) is 0 Å². The molecule has 1 aromatic heterocycles. The molecule has 3 aromatic rings. The fourth-order valence-electron chi connectivity index (χ4n) is 3.51. The molecule has 6 nitrogen and oxygen atoms in total. The van der Waals surface area contributed by atoms with Crippen molar-refractivity contribution >= 4 is 44.2 Å². The third-order valence-corrected chi connectivity index (χ3v) is 6.04. The number of fused-ring (bicyclic) bond motifs is 1. The fourth-order valence-corrected chi connectivity index (χ4v) is 4.51. The maximum Gasteiger partial charge on any atom is 0.229 e. The minimum Gasteiger partial charge on any atom is -0.369 e. The monoisotopic (exact) mass is 394 g/mol. The van der Waals surface area contributed by atoms with E-state index < -0.39 is 0 Å². The molecule has 2 heterocycles. The Morgan fingerprint density at radius 3 is 2.71 bits per heavy atom. The number of amides is 2. The van der Waals surface area contributed by atoms with Gasteiger partial charge in [0.05, 0.1) is 22.6 Å². The van der Waals surface area contributed by atoms with Crippen LogP contribution < -0.4 is 16.0 Å². The molecule has 0 spiro atoms. The maximum absolute atomic E-state index is 12.8. The zero-order valence-corrected chi connectivity index (χ0v) is 16.2. The number of para-hydroxylation sites is 1. The van der Waals surface area contributed by atoms with Gasteiger partial charge >= 0.3 is 0 Å². The molecule has 7 heteroatoms. The smallest absolute Gasteiger partial charge is 0.229 e. The van der Waals surface area contributed by atoms with Crippen LogP contribution in [0.4, 0.5) is 10.8 Å². The van der Waals surface area contributed by atoms with Crippen molar-refractivity contribution in [3.63, 3.8) is 0 Å². The second-order valence-electron chi connectivity index (χ2n) is 7.08. The average Bonchev–Trinajstić information content (AvgIpc) is 3.13. The Morgan fingerprint density at radius 2 is 1.96 bits per heavy atom. The number of carbonyl (C=O) groups is 2. The summed E-state index contributed by atoms with van der Waals surface area (Å²) >= 11 is 1.67. The van der Waals surface area contributed by atoms with E-state index in [0.717, 1.165) is 41.3 Å². The minimum atomic E-state index is -0.367. The van der Waals surface area contributed by atoms with E-state index >= 15 is 0 Å². The number of thiazole rings is 1. The van der Waals surface area contributed by atoms with Crippen molar-refractivity contribution in [1.29, 1.82) is 0 Å². The lowest BCUT2D eigenvalue weighted by Gasteiger charge is -2.31. The van der Waals surface area contributed by atoms with Crippen LogP contribution in [0, 0.1) is 5.92 Å². The van der Waals surface area contributed by atoms with Gasteiger partial charge < -0.3 is 16.0 Å². The Labute approximate surface area is 167 Å². The summed E-state index contributed by atoms with van der Waals surface area (Å²) in [4.78, 5) is 30.7. The van der Waals surface area contributed by atoms with Crippen LogP contribution in [0.25, 0.3) is 10.2 Å². The van der Waals surface area contributed by atoms with Gasteiger partial charge in [0, 0.05) is 18.8 Å². The molecular weight excluding hydrogens is 372 g/mol. The second kappa shape index (κ2) is 7.98. The number of hydrogen-bond donors (Lipinski definition) is 2. The van der Waals surface area contributed by atoms with Crippen molar-refractivity contribution in [2.75, 3.05) is 23.3 Å². The van der Waals surface area contributed by atoms with E-state index in [0.29, 0.717) is 6.54 Å². The van der Waals surface area contributed by atoms with Crippen LogP contribution in [-0.4, -0.2) is 29.9 Å². The third-order valence-electron chi connectivity index (χ3n) is 4.95. The van der Waals surface area contributed by atoms with Crippen molar-refractivity contribution in [2.24, 2.45) is 11.7 Å². The van der Waals surface area contributed by atoms with Crippen molar-refractivity contribution in [3.05, 3.63) is 54.1 Å². The van der Waals surface area contributed by atoms with Crippen LogP contribution in [0.5, 0.6) is 0 Å². The van der Waals surface area contributed by atoms with Crippen molar-refractivity contribution in [2.45, 2.75) is 19.3 Å². The normalized spacial score (nSPS) is 16.9. The van der Waals surface area contributed by atoms with Gasteiger partial charge in [-0.25, -0.2) is 4.98 Å². The number of piperidine rings is 1. The molecule has 1 fully saturated rings. The quantitative estimate of drug-likeness (QED) is 0.696. The van der Waals surface area contributed by atoms with Crippen molar-refractivity contribution < 1.29 is 9.59 Å². The van der Waals surface area contributed by atoms with Gasteiger partial charge in [-0.15, -0.1) is 0 Å². The Bertz CT molecular complexity index is 966. The van der Waals surface area contributed by atoms with Gasteiger partial charge in [0.15, 0.2) is 5.13 Å². The number of benzene rings is 2. The predicted octanol–water partition coefficient (Wildman–Crippen LogP) is 3.18. The first-order valence-corrected chi connectivity index (χ1v) is 10.2. The predicted molar refractivity (Wildman–Crippen MR) is 113 cm³/mol. The number of nitrogens with two attached hydrogens (primary N) is 1. The summed E-state index contributed by atoms with van der Waals surface area (Å²) < 4.78 is 1.17. The lowest BCUT2D eigenvalue weighted by Crippen LogP contribution is -2.40. The van der Waals surface area contributed by atoms with Gasteiger partial charge in [-0.1, -0.05) is 35.6 Å². The number of aromatic nitrogens is 1. The number of rotatable bonds is 5. The average molecular weight is 395 g/mol. The van der Waals surface area contributed by atoms with Crippen molar-refractivity contribution in [1.82, 2.24) is 4.98 Å². The van der Waals surface area contributed by atoms with Crippen LogP contribution >= 0.6 is 11.3 Å². The van der Waals surface area contributed by atoms with E-state index in [4.69, 9.17) is 10.7 Å². The highest BCUT2D eigenvalue weighted by atomic mass is 32.1. The molecule has 2 amide bonds. The summed E-state index contributed by atoms with van der Waals surface area (Å²) in [7, 11) is 0. The molecule has 1 aliphatic rings. The first kappa shape index (κ1) is 18.4. The Morgan fingerprint density at radius 1 is 1.18 bits per heavy atom. The van der Waals surface area contributed by atoms with Crippen LogP contribution in [0.2, 0.25) is 0 Å². The molecule has 28 heavy (non-hydrogen) atoms. The molecule has 3 N–H and O–H groups in total. The largest absolute Gasteiger partial charge is 0.369 e. The molecule has 0 unspecified atom stereocenters. The number of primary amides is 1. The maximum atomic E-state index is 12.8. The van der Waals surface area contributed by atoms with Crippen LogP contribution in [-0.2, 0) is 16.0 Å². The van der Waals surface area contributed by atoms with Gasteiger partial charge in [0.2, 0.25) is 11.8 Å². The van der Waals surface area contributed by atoms with Gasteiger partial charge in [0.25, 0.3) is 0 Å². The topological polar surface area (TPSA) is 88.3 Å². The highest BCUT2D eigenvalue weighted by molar-refractivity contribution is 7.22.